The maximum Gasteiger partial charge on any atom is 0.251 e. The van der Waals surface area contributed by atoms with Gasteiger partial charge in [-0.25, -0.2) is 0 Å². The van der Waals surface area contributed by atoms with E-state index in [4.69, 9.17) is 21.1 Å². The van der Waals surface area contributed by atoms with E-state index < -0.39 is 6.04 Å². The summed E-state index contributed by atoms with van der Waals surface area (Å²) in [5.41, 5.74) is 1.00. The van der Waals surface area contributed by atoms with Crippen LogP contribution in [0.2, 0.25) is 5.02 Å². The minimum atomic E-state index is -0.708. The highest BCUT2D eigenvalue weighted by atomic mass is 35.5. The smallest absolute Gasteiger partial charge is 0.251 e. The summed E-state index contributed by atoms with van der Waals surface area (Å²) >= 11 is 5.86. The van der Waals surface area contributed by atoms with Crippen LogP contribution in [0.4, 0.5) is 5.69 Å². The third-order valence-corrected chi connectivity index (χ3v) is 4.41. The van der Waals surface area contributed by atoms with Crippen LogP contribution in [0.3, 0.4) is 0 Å². The number of benzene rings is 2. The number of hydrogen-bond acceptors (Lipinski definition) is 4. The summed E-state index contributed by atoms with van der Waals surface area (Å²) in [6.45, 7) is 8.50. The lowest BCUT2D eigenvalue weighted by Crippen LogP contribution is -2.47. The van der Waals surface area contributed by atoms with E-state index in [0.717, 1.165) is 0 Å². The third kappa shape index (κ3) is 6.39. The SMILES string of the molecule is CCOc1ccc(NC(=O)C(NC(=O)c2ccc(Cl)cc2)C(C)C)cc1OCC. The summed E-state index contributed by atoms with van der Waals surface area (Å²) < 4.78 is 11.1. The number of ether oxygens (including phenoxy) is 2. The van der Waals surface area contributed by atoms with E-state index in [1.165, 1.54) is 0 Å². The monoisotopic (exact) mass is 418 g/mol. The average Bonchev–Trinajstić information content (AvgIpc) is 2.68. The molecule has 1 unspecified atom stereocenters. The molecule has 1 atom stereocenters. The van der Waals surface area contributed by atoms with Crippen LogP contribution >= 0.6 is 11.6 Å². The zero-order valence-corrected chi connectivity index (χ0v) is 17.9. The number of anilines is 1. The molecule has 156 valence electrons. The highest BCUT2D eigenvalue weighted by molar-refractivity contribution is 6.30. The molecule has 0 spiro atoms. The van der Waals surface area contributed by atoms with E-state index in [2.05, 4.69) is 10.6 Å². The Morgan fingerprint density at radius 1 is 0.966 bits per heavy atom. The summed E-state index contributed by atoms with van der Waals surface area (Å²) in [5.74, 6) is 0.411. The van der Waals surface area contributed by atoms with Crippen molar-refractivity contribution in [2.75, 3.05) is 18.5 Å². The van der Waals surface area contributed by atoms with Crippen LogP contribution in [-0.2, 0) is 4.79 Å². The number of rotatable bonds is 9. The second-order valence-corrected chi connectivity index (χ2v) is 7.16. The van der Waals surface area contributed by atoms with Gasteiger partial charge >= 0.3 is 0 Å². The Bertz CT molecular complexity index is 837. The van der Waals surface area contributed by atoms with Crippen molar-refractivity contribution in [1.29, 1.82) is 0 Å². The first-order chi connectivity index (χ1) is 13.8. The van der Waals surface area contributed by atoms with Crippen LogP contribution in [-0.4, -0.2) is 31.1 Å². The highest BCUT2D eigenvalue weighted by Crippen LogP contribution is 2.30. The lowest BCUT2D eigenvalue weighted by Gasteiger charge is -2.22. The fourth-order valence-electron chi connectivity index (χ4n) is 2.71. The zero-order chi connectivity index (χ0) is 21.4. The van der Waals surface area contributed by atoms with E-state index in [1.807, 2.05) is 27.7 Å². The van der Waals surface area contributed by atoms with Gasteiger partial charge in [0.1, 0.15) is 6.04 Å². The van der Waals surface area contributed by atoms with E-state index >= 15 is 0 Å². The van der Waals surface area contributed by atoms with Crippen LogP contribution in [0.15, 0.2) is 42.5 Å². The molecule has 2 amide bonds. The van der Waals surface area contributed by atoms with Gasteiger partial charge in [0.2, 0.25) is 5.91 Å². The number of carbonyl (C=O) groups is 2. The molecule has 0 aliphatic rings. The number of carbonyl (C=O) groups excluding carboxylic acids is 2. The largest absolute Gasteiger partial charge is 0.490 e. The normalized spacial score (nSPS) is 11.7. The second kappa shape index (κ2) is 10.7. The summed E-state index contributed by atoms with van der Waals surface area (Å²) in [5, 5.41) is 6.18. The summed E-state index contributed by atoms with van der Waals surface area (Å²) in [6.07, 6.45) is 0. The van der Waals surface area contributed by atoms with Gasteiger partial charge in [0.05, 0.1) is 13.2 Å². The molecule has 29 heavy (non-hydrogen) atoms. The molecule has 0 aromatic heterocycles. The van der Waals surface area contributed by atoms with Crippen LogP contribution < -0.4 is 20.1 Å². The van der Waals surface area contributed by atoms with Gasteiger partial charge in [-0.1, -0.05) is 25.4 Å². The molecule has 2 aromatic rings. The van der Waals surface area contributed by atoms with Crippen molar-refractivity contribution in [2.24, 2.45) is 5.92 Å². The van der Waals surface area contributed by atoms with Crippen molar-refractivity contribution in [3.8, 4) is 11.5 Å². The van der Waals surface area contributed by atoms with Gasteiger partial charge in [0.15, 0.2) is 11.5 Å². The first-order valence-corrected chi connectivity index (χ1v) is 10.00. The maximum atomic E-state index is 12.8. The van der Waals surface area contributed by atoms with Crippen molar-refractivity contribution in [1.82, 2.24) is 5.32 Å². The number of amides is 2. The number of nitrogens with one attached hydrogen (secondary N) is 2. The van der Waals surface area contributed by atoms with E-state index in [1.54, 1.807) is 42.5 Å². The Balaban J connectivity index is 2.13. The quantitative estimate of drug-likeness (QED) is 0.627. The second-order valence-electron chi connectivity index (χ2n) is 6.72. The van der Waals surface area contributed by atoms with Gasteiger partial charge in [0, 0.05) is 22.3 Å². The van der Waals surface area contributed by atoms with Gasteiger partial charge in [-0.05, 0) is 56.2 Å². The molecule has 2 aromatic carbocycles. The number of halogens is 1. The first-order valence-electron chi connectivity index (χ1n) is 9.62. The van der Waals surface area contributed by atoms with Gasteiger partial charge in [-0.3, -0.25) is 9.59 Å². The van der Waals surface area contributed by atoms with Crippen molar-refractivity contribution in [3.05, 3.63) is 53.1 Å². The third-order valence-electron chi connectivity index (χ3n) is 4.15. The fourth-order valence-corrected chi connectivity index (χ4v) is 2.84. The predicted octanol–water partition coefficient (Wildman–Crippen LogP) is 4.53. The molecule has 6 nitrogen and oxygen atoms in total. The van der Waals surface area contributed by atoms with Crippen LogP contribution in [0.1, 0.15) is 38.1 Å². The van der Waals surface area contributed by atoms with Gasteiger partial charge in [0.25, 0.3) is 5.91 Å². The van der Waals surface area contributed by atoms with Gasteiger partial charge in [-0.2, -0.15) is 0 Å². The fraction of sp³-hybridized carbons (Fsp3) is 0.364. The molecule has 0 bridgehead atoms. The molecule has 2 rings (SSSR count). The van der Waals surface area contributed by atoms with E-state index in [0.29, 0.717) is 41.0 Å². The molecule has 0 aliphatic heterocycles. The van der Waals surface area contributed by atoms with Crippen molar-refractivity contribution >= 4 is 29.1 Å². The van der Waals surface area contributed by atoms with Crippen LogP contribution in [0.25, 0.3) is 0 Å². The minimum absolute atomic E-state index is 0.111. The minimum Gasteiger partial charge on any atom is -0.490 e. The Kier molecular flexibility index (Phi) is 8.34. The lowest BCUT2D eigenvalue weighted by molar-refractivity contribution is -0.118. The summed E-state index contributed by atoms with van der Waals surface area (Å²) in [7, 11) is 0. The first kappa shape index (κ1) is 22.6. The molecule has 0 aliphatic carbocycles. The Labute approximate surface area is 176 Å². The standard InChI is InChI=1S/C22H27ClN2O4/c1-5-28-18-12-11-17(13-19(18)29-6-2)24-22(27)20(14(3)4)25-21(26)15-7-9-16(23)10-8-15/h7-14,20H,5-6H2,1-4H3,(H,24,27)(H,25,26). The van der Waals surface area contributed by atoms with Crippen LogP contribution in [0, 0.1) is 5.92 Å². The lowest BCUT2D eigenvalue weighted by atomic mass is 10.0. The summed E-state index contributed by atoms with van der Waals surface area (Å²) in [4.78, 5) is 25.3. The molecular formula is C22H27ClN2O4. The van der Waals surface area contributed by atoms with Gasteiger partial charge in [-0.15, -0.1) is 0 Å². The molecule has 7 heteroatoms. The molecule has 0 saturated carbocycles. The molecular weight excluding hydrogens is 392 g/mol. The van der Waals surface area contributed by atoms with Crippen molar-refractivity contribution < 1.29 is 19.1 Å². The van der Waals surface area contributed by atoms with Crippen LogP contribution in [0.5, 0.6) is 11.5 Å². The molecule has 0 heterocycles. The Morgan fingerprint density at radius 3 is 2.17 bits per heavy atom. The molecule has 0 radical (unpaired) electrons. The molecule has 0 fully saturated rings. The molecule has 2 N–H and O–H groups in total. The number of hydrogen-bond donors (Lipinski definition) is 2. The average molecular weight is 419 g/mol. The maximum absolute atomic E-state index is 12.8. The van der Waals surface area contributed by atoms with E-state index in [9.17, 15) is 9.59 Å². The highest BCUT2D eigenvalue weighted by Gasteiger charge is 2.25. The Hall–Kier alpha value is -2.73. The predicted molar refractivity (Wildman–Crippen MR) is 115 cm³/mol. The molecule has 0 saturated heterocycles. The summed E-state index contributed by atoms with van der Waals surface area (Å²) in [6, 6.07) is 11.0. The van der Waals surface area contributed by atoms with E-state index in [-0.39, 0.29) is 17.7 Å². The topological polar surface area (TPSA) is 76.7 Å². The van der Waals surface area contributed by atoms with Gasteiger partial charge < -0.3 is 20.1 Å². The zero-order valence-electron chi connectivity index (χ0n) is 17.1. The Morgan fingerprint density at radius 2 is 1.59 bits per heavy atom. The van der Waals surface area contributed by atoms with Crippen molar-refractivity contribution in [2.45, 2.75) is 33.7 Å². The van der Waals surface area contributed by atoms with Crippen molar-refractivity contribution in [3.63, 3.8) is 0 Å².